The van der Waals surface area contributed by atoms with E-state index in [1.807, 2.05) is 55.5 Å². The number of hydrogen-bond donors (Lipinski definition) is 1. The lowest BCUT2D eigenvalue weighted by Crippen LogP contribution is -2.55. The molecule has 1 saturated heterocycles. The maximum absolute atomic E-state index is 14.3. The Morgan fingerprint density at radius 3 is 2.55 bits per heavy atom. The topological polar surface area (TPSA) is 98.0 Å². The van der Waals surface area contributed by atoms with E-state index in [4.69, 9.17) is 21.3 Å². The Bertz CT molecular complexity index is 1490. The molecular formula is C30H27BrClN5O3. The van der Waals surface area contributed by atoms with Crippen molar-refractivity contribution in [3.63, 3.8) is 0 Å². The van der Waals surface area contributed by atoms with Gasteiger partial charge in [0.2, 0.25) is 5.91 Å². The lowest BCUT2D eigenvalue weighted by Gasteiger charge is -2.35. The molecule has 2 aliphatic heterocycles. The van der Waals surface area contributed by atoms with Crippen molar-refractivity contribution in [1.29, 1.82) is 5.26 Å². The molecule has 0 spiro atoms. The van der Waals surface area contributed by atoms with Gasteiger partial charge in [0.25, 0.3) is 0 Å². The number of carbonyl (C=O) groups excluding carboxylic acids is 2. The fourth-order valence-electron chi connectivity index (χ4n) is 4.92. The van der Waals surface area contributed by atoms with Crippen LogP contribution in [0.3, 0.4) is 0 Å². The predicted octanol–water partition coefficient (Wildman–Crippen LogP) is 5.86. The smallest absolute Gasteiger partial charge is 0.326 e. The molecule has 2 heterocycles. The van der Waals surface area contributed by atoms with Gasteiger partial charge in [-0.25, -0.2) is 4.79 Å². The molecule has 3 aromatic carbocycles. The normalized spacial score (nSPS) is 18.6. The molecule has 3 amide bonds. The second-order valence-corrected chi connectivity index (χ2v) is 10.9. The largest absolute Gasteiger partial charge is 0.493 e. The van der Waals surface area contributed by atoms with E-state index in [0.717, 1.165) is 22.0 Å². The van der Waals surface area contributed by atoms with Crippen molar-refractivity contribution in [2.75, 3.05) is 26.2 Å². The van der Waals surface area contributed by atoms with Gasteiger partial charge in [0.1, 0.15) is 24.2 Å². The van der Waals surface area contributed by atoms with Gasteiger partial charge < -0.3 is 15.0 Å². The van der Waals surface area contributed by atoms with Gasteiger partial charge in [0.05, 0.1) is 29.8 Å². The second kappa shape index (κ2) is 12.1. The average Bonchev–Trinajstić information content (AvgIpc) is 3.36. The number of amides is 3. The number of aliphatic imine (C=N–C) groups is 1. The highest BCUT2D eigenvalue weighted by Crippen LogP contribution is 2.45. The third kappa shape index (κ3) is 5.69. The SMILES string of the molecule is CCCOc1cc(C#N)ccc1C1=NC(c2ccc(Cl)cc2)C(c2ccc(Br)cc2)N1C(=O)N1CCNC(=O)C1. The van der Waals surface area contributed by atoms with Gasteiger partial charge in [-0.2, -0.15) is 5.26 Å². The van der Waals surface area contributed by atoms with Crippen LogP contribution >= 0.6 is 27.5 Å². The van der Waals surface area contributed by atoms with Gasteiger partial charge in [-0.15, -0.1) is 0 Å². The molecule has 3 aromatic rings. The van der Waals surface area contributed by atoms with Crippen molar-refractivity contribution in [3.8, 4) is 11.8 Å². The summed E-state index contributed by atoms with van der Waals surface area (Å²) < 4.78 is 6.98. The maximum Gasteiger partial charge on any atom is 0.326 e. The van der Waals surface area contributed by atoms with Crippen LogP contribution in [0, 0.1) is 11.3 Å². The van der Waals surface area contributed by atoms with Crippen LogP contribution in [0.25, 0.3) is 0 Å². The summed E-state index contributed by atoms with van der Waals surface area (Å²) in [5.74, 6) is 0.677. The standard InChI is InChI=1S/C30H27BrClN5O3/c1-2-15-40-25-16-19(17-33)3-12-24(25)29-35-27(20-6-10-23(32)11-7-20)28(21-4-8-22(31)9-5-21)37(29)30(39)36-14-13-34-26(38)18-36/h3-12,16,27-28H,2,13-15,18H2,1H3,(H,34,38). The number of urea groups is 1. The van der Waals surface area contributed by atoms with Crippen LogP contribution in [-0.2, 0) is 4.79 Å². The van der Waals surface area contributed by atoms with Gasteiger partial charge in [0.15, 0.2) is 0 Å². The molecule has 204 valence electrons. The van der Waals surface area contributed by atoms with Gasteiger partial charge in [-0.05, 0) is 60.0 Å². The Labute approximate surface area is 246 Å². The number of rotatable bonds is 6. The number of nitrogens with zero attached hydrogens (tertiary/aromatic N) is 4. The zero-order chi connectivity index (χ0) is 28.2. The quantitative estimate of drug-likeness (QED) is 0.373. The summed E-state index contributed by atoms with van der Waals surface area (Å²) in [6.07, 6.45) is 0.767. The molecule has 0 aliphatic carbocycles. The summed E-state index contributed by atoms with van der Waals surface area (Å²) in [4.78, 5) is 35.0. The number of benzene rings is 3. The first-order valence-corrected chi connectivity index (χ1v) is 14.2. The molecule has 0 radical (unpaired) electrons. The van der Waals surface area contributed by atoms with E-state index in [0.29, 0.717) is 47.4 Å². The number of piperazine rings is 1. The fourth-order valence-corrected chi connectivity index (χ4v) is 5.31. The van der Waals surface area contributed by atoms with Crippen LogP contribution in [0.4, 0.5) is 4.79 Å². The minimum absolute atomic E-state index is 0.0478. The van der Waals surface area contributed by atoms with Crippen LogP contribution in [-0.4, -0.2) is 53.8 Å². The Hall–Kier alpha value is -3.87. The van der Waals surface area contributed by atoms with E-state index in [-0.39, 0.29) is 18.5 Å². The Kier molecular flexibility index (Phi) is 8.38. The van der Waals surface area contributed by atoms with Crippen LogP contribution in [0.5, 0.6) is 5.75 Å². The highest BCUT2D eigenvalue weighted by atomic mass is 79.9. The zero-order valence-corrected chi connectivity index (χ0v) is 24.2. The number of carbonyl (C=O) groups is 2. The van der Waals surface area contributed by atoms with E-state index >= 15 is 0 Å². The van der Waals surface area contributed by atoms with Crippen molar-refractivity contribution >= 4 is 45.3 Å². The molecule has 8 nitrogen and oxygen atoms in total. The van der Waals surface area contributed by atoms with E-state index in [2.05, 4.69) is 27.3 Å². The summed E-state index contributed by atoms with van der Waals surface area (Å²) in [7, 11) is 0. The van der Waals surface area contributed by atoms with Crippen molar-refractivity contribution in [3.05, 3.63) is 98.5 Å². The first-order chi connectivity index (χ1) is 19.4. The highest BCUT2D eigenvalue weighted by molar-refractivity contribution is 9.10. The molecule has 10 heteroatoms. The first kappa shape index (κ1) is 27.7. The van der Waals surface area contributed by atoms with Gasteiger partial charge in [-0.3, -0.25) is 14.7 Å². The van der Waals surface area contributed by atoms with Crippen molar-refractivity contribution in [2.45, 2.75) is 25.4 Å². The monoisotopic (exact) mass is 619 g/mol. The molecule has 2 aliphatic rings. The number of nitrogens with one attached hydrogen (secondary N) is 1. The molecule has 0 aromatic heterocycles. The molecule has 5 rings (SSSR count). The summed E-state index contributed by atoms with van der Waals surface area (Å²) >= 11 is 9.72. The molecule has 1 fully saturated rings. The lowest BCUT2D eigenvalue weighted by atomic mass is 9.93. The number of amidine groups is 1. The molecular weight excluding hydrogens is 594 g/mol. The maximum atomic E-state index is 14.3. The number of halogens is 2. The van der Waals surface area contributed by atoms with Crippen LogP contribution in [0.15, 0.2) is 76.2 Å². The van der Waals surface area contributed by atoms with Gasteiger partial charge >= 0.3 is 6.03 Å². The third-order valence-electron chi connectivity index (χ3n) is 6.82. The van der Waals surface area contributed by atoms with Gasteiger partial charge in [-0.1, -0.05) is 58.7 Å². The number of nitriles is 1. The van der Waals surface area contributed by atoms with E-state index in [1.54, 1.807) is 28.0 Å². The molecule has 2 unspecified atom stereocenters. The van der Waals surface area contributed by atoms with Crippen LogP contribution < -0.4 is 10.1 Å². The Morgan fingerprint density at radius 2 is 1.88 bits per heavy atom. The fraction of sp³-hybridized carbons (Fsp3) is 0.267. The number of hydrogen-bond acceptors (Lipinski definition) is 5. The van der Waals surface area contributed by atoms with Crippen molar-refractivity contribution in [1.82, 2.24) is 15.1 Å². The predicted molar refractivity (Wildman–Crippen MR) is 156 cm³/mol. The van der Waals surface area contributed by atoms with Gasteiger partial charge in [0, 0.05) is 22.6 Å². The molecule has 2 atom stereocenters. The molecule has 0 bridgehead atoms. The van der Waals surface area contributed by atoms with Crippen LogP contribution in [0.2, 0.25) is 5.02 Å². The van der Waals surface area contributed by atoms with Crippen molar-refractivity contribution in [2.24, 2.45) is 4.99 Å². The van der Waals surface area contributed by atoms with Crippen molar-refractivity contribution < 1.29 is 14.3 Å². The minimum atomic E-state index is -0.517. The summed E-state index contributed by atoms with van der Waals surface area (Å²) in [5.41, 5.74) is 2.80. The summed E-state index contributed by atoms with van der Waals surface area (Å²) in [5, 5.41) is 12.9. The summed E-state index contributed by atoms with van der Waals surface area (Å²) in [6.45, 7) is 3.13. The molecule has 0 saturated carbocycles. The highest BCUT2D eigenvalue weighted by Gasteiger charge is 2.45. The van der Waals surface area contributed by atoms with E-state index in [1.165, 1.54) is 0 Å². The lowest BCUT2D eigenvalue weighted by molar-refractivity contribution is -0.123. The van der Waals surface area contributed by atoms with E-state index in [9.17, 15) is 14.9 Å². The molecule has 40 heavy (non-hydrogen) atoms. The first-order valence-electron chi connectivity index (χ1n) is 13.0. The zero-order valence-electron chi connectivity index (χ0n) is 21.8. The number of ether oxygens (including phenoxy) is 1. The second-order valence-electron chi connectivity index (χ2n) is 9.54. The Morgan fingerprint density at radius 1 is 1.15 bits per heavy atom. The van der Waals surface area contributed by atoms with Crippen LogP contribution in [0.1, 0.15) is 47.7 Å². The average molecular weight is 621 g/mol. The summed E-state index contributed by atoms with van der Waals surface area (Å²) in [6, 6.07) is 21.2. The van der Waals surface area contributed by atoms with E-state index < -0.39 is 12.1 Å². The molecule has 1 N–H and O–H groups in total. The Balaban J connectivity index is 1.70. The minimum Gasteiger partial charge on any atom is -0.493 e. The third-order valence-corrected chi connectivity index (χ3v) is 7.60.